The Morgan fingerprint density at radius 3 is 2.56 bits per heavy atom. The summed E-state index contributed by atoms with van der Waals surface area (Å²) in [7, 11) is 0. The lowest BCUT2D eigenvalue weighted by Gasteiger charge is -2.22. The summed E-state index contributed by atoms with van der Waals surface area (Å²) in [6, 6.07) is 4.87. The minimum absolute atomic E-state index is 0.0312. The predicted molar refractivity (Wildman–Crippen MR) is 65.7 cm³/mol. The Labute approximate surface area is 95.0 Å². The van der Waals surface area contributed by atoms with Crippen LogP contribution in [0, 0.1) is 10.1 Å². The van der Waals surface area contributed by atoms with Crippen LogP contribution in [0.3, 0.4) is 0 Å². The first kappa shape index (κ1) is 12.3. The first-order valence-electron chi connectivity index (χ1n) is 5.39. The number of benzene rings is 1. The summed E-state index contributed by atoms with van der Waals surface area (Å²) in [6.07, 6.45) is 1.03. The van der Waals surface area contributed by atoms with Crippen molar-refractivity contribution in [1.82, 2.24) is 0 Å². The first-order chi connectivity index (χ1) is 7.60. The minimum Gasteiger partial charge on any atom is -0.393 e. The summed E-state index contributed by atoms with van der Waals surface area (Å²) < 4.78 is 0. The maximum atomic E-state index is 10.6. The van der Waals surface area contributed by atoms with Gasteiger partial charge in [-0.1, -0.05) is 6.92 Å². The highest BCUT2D eigenvalue weighted by Crippen LogP contribution is 2.26. The fourth-order valence-corrected chi connectivity index (χ4v) is 1.64. The molecule has 88 valence electrons. The maximum Gasteiger partial charge on any atom is 0.292 e. The van der Waals surface area contributed by atoms with Gasteiger partial charge in [0.2, 0.25) is 0 Å². The molecule has 0 spiro atoms. The molecule has 0 radical (unpaired) electrons. The number of nitrogens with two attached hydrogens (primary N) is 1. The molecular formula is C11H17N3O2. The Hall–Kier alpha value is -1.78. The van der Waals surface area contributed by atoms with E-state index in [1.165, 1.54) is 6.07 Å². The molecule has 0 amide bonds. The lowest BCUT2D eigenvalue weighted by Crippen LogP contribution is -2.23. The summed E-state index contributed by atoms with van der Waals surface area (Å²) in [5.74, 6) is 0. The Bertz CT molecular complexity index is 379. The lowest BCUT2D eigenvalue weighted by molar-refractivity contribution is -0.383. The average molecular weight is 223 g/mol. The van der Waals surface area contributed by atoms with E-state index in [9.17, 15) is 10.1 Å². The van der Waals surface area contributed by atoms with Crippen LogP contribution in [0.15, 0.2) is 18.2 Å². The summed E-state index contributed by atoms with van der Waals surface area (Å²) in [5.41, 5.74) is 6.77. The van der Waals surface area contributed by atoms with Crippen LogP contribution in [0.1, 0.15) is 20.3 Å². The maximum absolute atomic E-state index is 10.6. The van der Waals surface area contributed by atoms with Crippen molar-refractivity contribution in [3.05, 3.63) is 28.3 Å². The molecule has 0 heterocycles. The van der Waals surface area contributed by atoms with Gasteiger partial charge in [-0.15, -0.1) is 0 Å². The Balaban J connectivity index is 2.99. The zero-order valence-corrected chi connectivity index (χ0v) is 9.64. The van der Waals surface area contributed by atoms with Crippen LogP contribution in [0.2, 0.25) is 0 Å². The van der Waals surface area contributed by atoms with Gasteiger partial charge in [-0.05, 0) is 25.5 Å². The van der Waals surface area contributed by atoms with Gasteiger partial charge >= 0.3 is 0 Å². The highest BCUT2D eigenvalue weighted by Gasteiger charge is 2.13. The number of nitrogen functional groups attached to an aromatic ring is 1. The van der Waals surface area contributed by atoms with Crippen LogP contribution in [0.4, 0.5) is 17.1 Å². The molecule has 1 aromatic carbocycles. The molecule has 0 fully saturated rings. The fraction of sp³-hybridized carbons (Fsp3) is 0.455. The van der Waals surface area contributed by atoms with Crippen molar-refractivity contribution in [2.45, 2.75) is 20.3 Å². The molecule has 0 aliphatic carbocycles. The average Bonchev–Trinajstić information content (AvgIpc) is 2.25. The number of anilines is 2. The third kappa shape index (κ3) is 2.62. The van der Waals surface area contributed by atoms with E-state index in [2.05, 4.69) is 11.8 Å². The molecule has 0 aliphatic heterocycles. The summed E-state index contributed by atoms with van der Waals surface area (Å²) >= 11 is 0. The van der Waals surface area contributed by atoms with Gasteiger partial charge in [0, 0.05) is 24.8 Å². The molecule has 0 bridgehead atoms. The number of nitrogens with zero attached hydrogens (tertiary/aromatic N) is 2. The monoisotopic (exact) mass is 223 g/mol. The van der Waals surface area contributed by atoms with Crippen LogP contribution in [-0.4, -0.2) is 18.0 Å². The van der Waals surface area contributed by atoms with Crippen LogP contribution in [0.25, 0.3) is 0 Å². The molecule has 1 aromatic rings. The molecule has 5 heteroatoms. The quantitative estimate of drug-likeness (QED) is 0.472. The van der Waals surface area contributed by atoms with Crippen LogP contribution < -0.4 is 10.6 Å². The Morgan fingerprint density at radius 2 is 2.12 bits per heavy atom. The number of rotatable bonds is 5. The zero-order chi connectivity index (χ0) is 12.1. The van der Waals surface area contributed by atoms with Crippen LogP contribution in [-0.2, 0) is 0 Å². The highest BCUT2D eigenvalue weighted by atomic mass is 16.6. The standard InChI is InChI=1S/C11H17N3O2/c1-3-7-13(4-2)9-5-6-11(14(15)16)10(12)8-9/h5-6,8H,3-4,7,12H2,1-2H3. The Morgan fingerprint density at radius 1 is 1.44 bits per heavy atom. The summed E-state index contributed by atoms with van der Waals surface area (Å²) in [6.45, 7) is 5.93. The van der Waals surface area contributed by atoms with Gasteiger partial charge in [-0.3, -0.25) is 10.1 Å². The lowest BCUT2D eigenvalue weighted by atomic mass is 10.2. The normalized spacial score (nSPS) is 10.1. The molecular weight excluding hydrogens is 206 g/mol. The fourth-order valence-electron chi connectivity index (χ4n) is 1.64. The van der Waals surface area contributed by atoms with Gasteiger partial charge in [0.1, 0.15) is 5.69 Å². The summed E-state index contributed by atoms with van der Waals surface area (Å²) in [4.78, 5) is 12.3. The molecule has 0 saturated heterocycles. The van der Waals surface area contributed by atoms with E-state index >= 15 is 0 Å². The van der Waals surface area contributed by atoms with E-state index in [1.807, 2.05) is 6.92 Å². The van der Waals surface area contributed by atoms with E-state index in [0.717, 1.165) is 25.2 Å². The molecule has 0 aromatic heterocycles. The van der Waals surface area contributed by atoms with Crippen molar-refractivity contribution in [2.75, 3.05) is 23.7 Å². The van der Waals surface area contributed by atoms with Gasteiger partial charge in [0.25, 0.3) is 5.69 Å². The molecule has 0 atom stereocenters. The molecule has 16 heavy (non-hydrogen) atoms. The predicted octanol–water partition coefficient (Wildman–Crippen LogP) is 2.41. The third-order valence-corrected chi connectivity index (χ3v) is 2.45. The number of nitro benzene ring substituents is 1. The van der Waals surface area contributed by atoms with Gasteiger partial charge in [-0.25, -0.2) is 0 Å². The van der Waals surface area contributed by atoms with E-state index in [0.29, 0.717) is 0 Å². The zero-order valence-electron chi connectivity index (χ0n) is 9.64. The molecule has 0 unspecified atom stereocenters. The number of hydrogen-bond donors (Lipinski definition) is 1. The second-order valence-electron chi connectivity index (χ2n) is 3.58. The second-order valence-corrected chi connectivity index (χ2v) is 3.58. The van der Waals surface area contributed by atoms with E-state index < -0.39 is 4.92 Å². The van der Waals surface area contributed by atoms with Crippen molar-refractivity contribution in [2.24, 2.45) is 0 Å². The highest BCUT2D eigenvalue weighted by molar-refractivity contribution is 5.66. The van der Waals surface area contributed by atoms with Gasteiger partial charge in [0.15, 0.2) is 0 Å². The Kier molecular flexibility index (Phi) is 4.10. The SMILES string of the molecule is CCCN(CC)c1ccc([N+](=O)[O-])c(N)c1. The third-order valence-electron chi connectivity index (χ3n) is 2.45. The van der Waals surface area contributed by atoms with Gasteiger partial charge in [-0.2, -0.15) is 0 Å². The molecule has 2 N–H and O–H groups in total. The van der Waals surface area contributed by atoms with Gasteiger partial charge < -0.3 is 10.6 Å². The number of nitro groups is 1. The largest absolute Gasteiger partial charge is 0.393 e. The molecule has 1 rings (SSSR count). The minimum atomic E-state index is -0.463. The first-order valence-corrected chi connectivity index (χ1v) is 5.39. The van der Waals surface area contributed by atoms with Crippen LogP contribution >= 0.6 is 0 Å². The van der Waals surface area contributed by atoms with Crippen molar-refractivity contribution in [3.63, 3.8) is 0 Å². The number of hydrogen-bond acceptors (Lipinski definition) is 4. The van der Waals surface area contributed by atoms with Crippen molar-refractivity contribution >= 4 is 17.1 Å². The summed E-state index contributed by atoms with van der Waals surface area (Å²) in [5, 5.41) is 10.6. The van der Waals surface area contributed by atoms with E-state index in [4.69, 9.17) is 5.73 Å². The van der Waals surface area contributed by atoms with Crippen LogP contribution in [0.5, 0.6) is 0 Å². The van der Waals surface area contributed by atoms with Crippen molar-refractivity contribution in [1.29, 1.82) is 0 Å². The smallest absolute Gasteiger partial charge is 0.292 e. The topological polar surface area (TPSA) is 72.4 Å². The van der Waals surface area contributed by atoms with E-state index in [-0.39, 0.29) is 11.4 Å². The second kappa shape index (κ2) is 5.34. The molecule has 0 aliphatic rings. The molecule has 5 nitrogen and oxygen atoms in total. The van der Waals surface area contributed by atoms with Gasteiger partial charge in [0.05, 0.1) is 4.92 Å². The molecule has 0 saturated carbocycles. The van der Waals surface area contributed by atoms with Crippen molar-refractivity contribution in [3.8, 4) is 0 Å². The van der Waals surface area contributed by atoms with E-state index in [1.54, 1.807) is 12.1 Å². The van der Waals surface area contributed by atoms with Crippen molar-refractivity contribution < 1.29 is 4.92 Å².